The number of rotatable bonds is 9. The first kappa shape index (κ1) is 26.6. The Morgan fingerprint density at radius 3 is 2.42 bits per heavy atom. The molecule has 1 N–H and O–H groups in total. The van der Waals surface area contributed by atoms with Crippen molar-refractivity contribution in [2.24, 2.45) is 0 Å². The molecule has 0 heterocycles. The Labute approximate surface area is 217 Å². The lowest BCUT2D eigenvalue weighted by Gasteiger charge is -2.57. The summed E-state index contributed by atoms with van der Waals surface area (Å²) in [5, 5.41) is 10.2. The molecule has 36 heavy (non-hydrogen) atoms. The Morgan fingerprint density at radius 2 is 1.86 bits per heavy atom. The number of halogens is 4. The maximum atomic E-state index is 13.8. The average Bonchev–Trinajstić information content (AvgIpc) is 2.77. The van der Waals surface area contributed by atoms with E-state index >= 15 is 0 Å². The van der Waals surface area contributed by atoms with Gasteiger partial charge in [-0.1, -0.05) is 42.0 Å². The maximum absolute atomic E-state index is 13.8. The summed E-state index contributed by atoms with van der Waals surface area (Å²) in [7, 11) is -4.39. The van der Waals surface area contributed by atoms with Gasteiger partial charge in [0, 0.05) is 5.02 Å². The standard InChI is InChI=1S/C25H23Cl2F2NO5S/c26-19-6-1-4-17(14-19)18-5-2-11-24(27,15-18)25(12-3-13-25)30(16-22(31)32)36(33,34)21-9-7-20(8-10-21)35-23(28)29/h1-2,4-11,14,23H,3,12-13,15-16H2,(H,31,32). The summed E-state index contributed by atoms with van der Waals surface area (Å²) >= 11 is 13.4. The molecule has 2 aromatic rings. The Balaban J connectivity index is 1.73. The molecule has 1 saturated carbocycles. The molecule has 0 amide bonds. The molecule has 0 radical (unpaired) electrons. The Kier molecular flexibility index (Phi) is 7.48. The van der Waals surface area contributed by atoms with Crippen LogP contribution >= 0.6 is 23.2 Å². The van der Waals surface area contributed by atoms with Gasteiger partial charge >= 0.3 is 12.6 Å². The summed E-state index contributed by atoms with van der Waals surface area (Å²) in [5.74, 6) is -1.56. The third-order valence-corrected chi connectivity index (χ3v) is 9.42. The fraction of sp³-hybridized carbons (Fsp3) is 0.320. The highest BCUT2D eigenvalue weighted by Gasteiger charge is 2.60. The molecule has 2 aliphatic rings. The van der Waals surface area contributed by atoms with E-state index in [4.69, 9.17) is 23.2 Å². The van der Waals surface area contributed by atoms with Gasteiger partial charge in [0.05, 0.1) is 15.3 Å². The smallest absolute Gasteiger partial charge is 0.387 e. The molecule has 0 bridgehead atoms. The second-order valence-corrected chi connectivity index (χ2v) is 11.7. The number of nitrogens with zero attached hydrogens (tertiary/aromatic N) is 1. The minimum Gasteiger partial charge on any atom is -0.480 e. The van der Waals surface area contributed by atoms with Gasteiger partial charge in [0.15, 0.2) is 0 Å². The van der Waals surface area contributed by atoms with Crippen LogP contribution < -0.4 is 4.74 Å². The minimum absolute atomic E-state index is 0.215. The third-order valence-electron chi connectivity index (χ3n) is 6.65. The Bertz CT molecular complexity index is 1310. The van der Waals surface area contributed by atoms with Crippen LogP contribution in [-0.2, 0) is 14.8 Å². The highest BCUT2D eigenvalue weighted by Crippen LogP contribution is 2.55. The third kappa shape index (κ3) is 5.02. The first-order valence-corrected chi connectivity index (χ1v) is 13.3. The van der Waals surface area contributed by atoms with Crippen molar-refractivity contribution in [2.45, 2.75) is 47.6 Å². The lowest BCUT2D eigenvalue weighted by Crippen LogP contribution is -2.67. The van der Waals surface area contributed by atoms with Crippen LogP contribution in [0.3, 0.4) is 0 Å². The van der Waals surface area contributed by atoms with Crippen LogP contribution in [0.5, 0.6) is 5.75 Å². The minimum atomic E-state index is -4.39. The highest BCUT2D eigenvalue weighted by molar-refractivity contribution is 7.89. The number of hydrogen-bond acceptors (Lipinski definition) is 4. The molecule has 0 spiro atoms. The van der Waals surface area contributed by atoms with Crippen LogP contribution in [0.15, 0.2) is 71.7 Å². The van der Waals surface area contributed by atoms with Crippen molar-refractivity contribution >= 4 is 44.8 Å². The van der Waals surface area contributed by atoms with E-state index in [1.807, 2.05) is 12.1 Å². The van der Waals surface area contributed by atoms with Crippen LogP contribution in [0, 0.1) is 0 Å². The molecular weight excluding hydrogens is 535 g/mol. The first-order valence-electron chi connectivity index (χ1n) is 11.1. The van der Waals surface area contributed by atoms with Crippen molar-refractivity contribution in [3.05, 3.63) is 77.3 Å². The summed E-state index contributed by atoms with van der Waals surface area (Å²) in [6.07, 6.45) is 6.94. The second kappa shape index (κ2) is 10.1. The van der Waals surface area contributed by atoms with Crippen molar-refractivity contribution in [3.8, 4) is 5.75 Å². The van der Waals surface area contributed by atoms with E-state index in [2.05, 4.69) is 4.74 Å². The molecule has 4 rings (SSSR count). The zero-order chi connectivity index (χ0) is 26.1. The van der Waals surface area contributed by atoms with E-state index in [9.17, 15) is 27.1 Å². The lowest BCUT2D eigenvalue weighted by atomic mass is 9.64. The van der Waals surface area contributed by atoms with Gasteiger partial charge in [0.25, 0.3) is 0 Å². The van der Waals surface area contributed by atoms with Gasteiger partial charge in [0.2, 0.25) is 10.0 Å². The maximum Gasteiger partial charge on any atom is 0.387 e. The molecule has 0 saturated heterocycles. The number of allylic oxidation sites excluding steroid dienone is 3. The molecule has 2 aromatic carbocycles. The fourth-order valence-corrected chi connectivity index (χ4v) is 7.38. The monoisotopic (exact) mass is 557 g/mol. The SMILES string of the molecule is O=C(O)CN(C1(C2(Cl)C=CC=C(c3cccc(Cl)c3)C2)CCC1)S(=O)(=O)c1ccc(OC(F)F)cc1. The molecule has 1 fully saturated rings. The summed E-state index contributed by atoms with van der Waals surface area (Å²) in [4.78, 5) is 10.4. The Hall–Kier alpha value is -2.46. The normalized spacial score (nSPS) is 21.2. The molecule has 1 atom stereocenters. The molecule has 1 unspecified atom stereocenters. The van der Waals surface area contributed by atoms with Crippen LogP contribution in [0.1, 0.15) is 31.2 Å². The number of hydrogen-bond donors (Lipinski definition) is 1. The highest BCUT2D eigenvalue weighted by atomic mass is 35.5. The zero-order valence-corrected chi connectivity index (χ0v) is 21.2. The van der Waals surface area contributed by atoms with Gasteiger partial charge in [-0.05, 0) is 73.2 Å². The summed E-state index contributed by atoms with van der Waals surface area (Å²) < 4.78 is 57.8. The fourth-order valence-electron chi connectivity index (χ4n) is 4.81. The number of carboxylic acid groups (broad SMARTS) is 1. The van der Waals surface area contributed by atoms with Gasteiger partial charge in [-0.15, -0.1) is 11.6 Å². The topological polar surface area (TPSA) is 83.9 Å². The van der Waals surface area contributed by atoms with E-state index < -0.39 is 39.6 Å². The molecule has 11 heteroatoms. The van der Waals surface area contributed by atoms with Gasteiger partial charge < -0.3 is 9.84 Å². The molecule has 2 aliphatic carbocycles. The van der Waals surface area contributed by atoms with Gasteiger partial charge in [0.1, 0.15) is 12.3 Å². The predicted molar refractivity (Wildman–Crippen MR) is 133 cm³/mol. The summed E-state index contributed by atoms with van der Waals surface area (Å²) in [5.41, 5.74) is 0.439. The number of carboxylic acids is 1. The first-order chi connectivity index (χ1) is 17.0. The van der Waals surface area contributed by atoms with E-state index in [1.165, 1.54) is 0 Å². The van der Waals surface area contributed by atoms with Crippen molar-refractivity contribution in [2.75, 3.05) is 6.54 Å². The zero-order valence-electron chi connectivity index (χ0n) is 18.9. The summed E-state index contributed by atoms with van der Waals surface area (Å²) in [6.45, 7) is -3.87. The summed E-state index contributed by atoms with van der Waals surface area (Å²) in [6, 6.07) is 11.6. The van der Waals surface area contributed by atoms with Crippen LogP contribution in [0.4, 0.5) is 8.78 Å². The number of ether oxygens (including phenoxy) is 1. The van der Waals surface area contributed by atoms with Crippen LogP contribution in [0.25, 0.3) is 5.57 Å². The number of alkyl halides is 3. The lowest BCUT2D eigenvalue weighted by molar-refractivity contribution is -0.139. The van der Waals surface area contributed by atoms with E-state index in [0.717, 1.165) is 39.7 Å². The van der Waals surface area contributed by atoms with Crippen molar-refractivity contribution in [1.82, 2.24) is 4.31 Å². The van der Waals surface area contributed by atoms with Gasteiger partial charge in [-0.2, -0.15) is 13.1 Å². The molecule has 192 valence electrons. The number of aliphatic carboxylic acids is 1. The van der Waals surface area contributed by atoms with Gasteiger partial charge in [-0.3, -0.25) is 4.79 Å². The number of benzene rings is 2. The largest absolute Gasteiger partial charge is 0.480 e. The molecular formula is C25H23Cl2F2NO5S. The van der Waals surface area contributed by atoms with Crippen molar-refractivity contribution < 1.29 is 31.8 Å². The molecule has 6 nitrogen and oxygen atoms in total. The van der Waals surface area contributed by atoms with Crippen LogP contribution in [0.2, 0.25) is 5.02 Å². The molecule has 0 aromatic heterocycles. The average molecular weight is 558 g/mol. The number of sulfonamides is 1. The predicted octanol–water partition coefficient (Wildman–Crippen LogP) is 5.96. The Morgan fingerprint density at radius 1 is 1.17 bits per heavy atom. The van der Waals surface area contributed by atoms with E-state index in [0.29, 0.717) is 24.3 Å². The second-order valence-electron chi connectivity index (χ2n) is 8.74. The van der Waals surface area contributed by atoms with E-state index in [1.54, 1.807) is 30.4 Å². The van der Waals surface area contributed by atoms with Crippen molar-refractivity contribution in [1.29, 1.82) is 0 Å². The van der Waals surface area contributed by atoms with Gasteiger partial charge in [-0.25, -0.2) is 8.42 Å². The van der Waals surface area contributed by atoms with E-state index in [-0.39, 0.29) is 17.1 Å². The van der Waals surface area contributed by atoms with Crippen LogP contribution in [-0.4, -0.2) is 47.4 Å². The molecule has 0 aliphatic heterocycles. The van der Waals surface area contributed by atoms with Crippen molar-refractivity contribution in [3.63, 3.8) is 0 Å². The number of carbonyl (C=O) groups is 1. The quantitative estimate of drug-likeness (QED) is 0.384.